The molecule has 1 unspecified atom stereocenters. The molecule has 0 amide bonds. The van der Waals surface area contributed by atoms with Gasteiger partial charge in [0.25, 0.3) is 0 Å². The molecule has 3 rings (SSSR count). The molecule has 1 atom stereocenters. The van der Waals surface area contributed by atoms with Crippen molar-refractivity contribution in [1.29, 1.82) is 0 Å². The largest absolute Gasteiger partial charge is 0.472 e. The average Bonchev–Trinajstić information content (AvgIpc) is 2.97. The summed E-state index contributed by atoms with van der Waals surface area (Å²) in [6.07, 6.45) is 3.45. The van der Waals surface area contributed by atoms with Crippen LogP contribution < -0.4 is 15.2 Å². The predicted octanol–water partition coefficient (Wildman–Crippen LogP) is 1.05. The van der Waals surface area contributed by atoms with E-state index < -0.39 is 0 Å². The summed E-state index contributed by atoms with van der Waals surface area (Å²) < 4.78 is 5.89. The lowest BCUT2D eigenvalue weighted by molar-refractivity contribution is 0.111. The highest BCUT2D eigenvalue weighted by molar-refractivity contribution is 6.30. The number of carbonyl (C=O) groups excluding carboxylic acids is 1. The zero-order valence-corrected chi connectivity index (χ0v) is 12.4. The Labute approximate surface area is 130 Å². The quantitative estimate of drug-likeness (QED) is 0.623. The number of aldehydes is 1. The number of carbonyl (C=O) groups is 1. The summed E-state index contributed by atoms with van der Waals surface area (Å²) in [6, 6.07) is 7.39. The van der Waals surface area contributed by atoms with E-state index in [1.165, 1.54) is 0 Å². The normalized spacial score (nSPS) is 17.5. The summed E-state index contributed by atoms with van der Waals surface area (Å²) in [5.74, 6) is 0.628. The number of ether oxygens (including phenoxy) is 1. The van der Waals surface area contributed by atoms with Crippen molar-refractivity contribution in [2.24, 2.45) is 0 Å². The molecule has 3 heterocycles. The maximum atomic E-state index is 11.2. The number of pyridine rings is 2. The molecule has 0 N–H and O–H groups in total. The van der Waals surface area contributed by atoms with Crippen LogP contribution in [-0.4, -0.2) is 43.3 Å². The van der Waals surface area contributed by atoms with E-state index in [0.29, 0.717) is 23.7 Å². The van der Waals surface area contributed by atoms with Gasteiger partial charge in [-0.1, -0.05) is 6.07 Å². The van der Waals surface area contributed by atoms with Crippen molar-refractivity contribution in [2.75, 3.05) is 18.0 Å². The molecule has 0 aliphatic carbocycles. The Kier molecular flexibility index (Phi) is 4.09. The van der Waals surface area contributed by atoms with Crippen LogP contribution >= 0.6 is 0 Å². The van der Waals surface area contributed by atoms with Crippen molar-refractivity contribution < 1.29 is 9.53 Å². The summed E-state index contributed by atoms with van der Waals surface area (Å²) in [4.78, 5) is 21.6. The SMILES string of the molecule is [B]c1ccc(N2CCC(Oc3ccc(C)cn3)C2)c(C=O)n1. The van der Waals surface area contributed by atoms with Gasteiger partial charge in [0.2, 0.25) is 5.88 Å². The van der Waals surface area contributed by atoms with Gasteiger partial charge in [-0.15, -0.1) is 0 Å². The van der Waals surface area contributed by atoms with Gasteiger partial charge in [0.15, 0.2) is 6.29 Å². The molecular weight excluding hydrogens is 277 g/mol. The van der Waals surface area contributed by atoms with Crippen LogP contribution in [0.5, 0.6) is 5.88 Å². The summed E-state index contributed by atoms with van der Waals surface area (Å²) in [7, 11) is 5.62. The van der Waals surface area contributed by atoms with Gasteiger partial charge in [-0.05, 0) is 30.2 Å². The van der Waals surface area contributed by atoms with Gasteiger partial charge in [0.05, 0.1) is 12.2 Å². The molecule has 0 spiro atoms. The molecule has 2 aromatic rings. The predicted molar refractivity (Wildman–Crippen MR) is 85.2 cm³/mol. The minimum atomic E-state index is 0.0484. The maximum Gasteiger partial charge on any atom is 0.213 e. The number of nitrogens with zero attached hydrogens (tertiary/aromatic N) is 3. The Morgan fingerprint density at radius 3 is 2.95 bits per heavy atom. The van der Waals surface area contributed by atoms with Crippen LogP contribution in [0.25, 0.3) is 0 Å². The van der Waals surface area contributed by atoms with Crippen molar-refractivity contribution in [2.45, 2.75) is 19.4 Å². The Bertz CT molecular complexity index is 676. The summed E-state index contributed by atoms with van der Waals surface area (Å²) >= 11 is 0. The van der Waals surface area contributed by atoms with E-state index in [1.807, 2.05) is 25.1 Å². The van der Waals surface area contributed by atoms with Crippen LogP contribution in [0.1, 0.15) is 22.5 Å². The van der Waals surface area contributed by atoms with E-state index in [2.05, 4.69) is 14.9 Å². The lowest BCUT2D eigenvalue weighted by Crippen LogP contribution is -2.26. The van der Waals surface area contributed by atoms with Crippen LogP contribution in [0.2, 0.25) is 0 Å². The summed E-state index contributed by atoms with van der Waals surface area (Å²) in [6.45, 7) is 3.49. The van der Waals surface area contributed by atoms with E-state index in [4.69, 9.17) is 12.6 Å². The highest BCUT2D eigenvalue weighted by Gasteiger charge is 2.26. The molecule has 1 aliphatic heterocycles. The first kappa shape index (κ1) is 14.6. The highest BCUT2D eigenvalue weighted by atomic mass is 16.5. The maximum absolute atomic E-state index is 11.2. The van der Waals surface area contributed by atoms with Crippen LogP contribution in [0.4, 0.5) is 5.69 Å². The second-order valence-electron chi connectivity index (χ2n) is 5.41. The second-order valence-corrected chi connectivity index (χ2v) is 5.41. The van der Waals surface area contributed by atoms with Crippen molar-refractivity contribution >= 4 is 25.4 Å². The zero-order valence-electron chi connectivity index (χ0n) is 12.4. The fourth-order valence-corrected chi connectivity index (χ4v) is 2.58. The van der Waals surface area contributed by atoms with Crippen molar-refractivity contribution in [3.8, 4) is 5.88 Å². The van der Waals surface area contributed by atoms with E-state index >= 15 is 0 Å². The molecule has 1 saturated heterocycles. The molecule has 1 fully saturated rings. The Morgan fingerprint density at radius 1 is 1.36 bits per heavy atom. The highest BCUT2D eigenvalue weighted by Crippen LogP contribution is 2.24. The minimum Gasteiger partial charge on any atom is -0.472 e. The molecule has 0 saturated carbocycles. The minimum absolute atomic E-state index is 0.0484. The number of aryl methyl sites for hydroxylation is 1. The van der Waals surface area contributed by atoms with E-state index in [1.54, 1.807) is 12.3 Å². The third-order valence-corrected chi connectivity index (χ3v) is 3.69. The Morgan fingerprint density at radius 2 is 2.23 bits per heavy atom. The van der Waals surface area contributed by atoms with Crippen LogP contribution in [0.3, 0.4) is 0 Å². The standard InChI is InChI=1S/C16H16BN3O2/c1-11-2-5-16(18-8-11)22-12-6-7-20(9-12)14-3-4-15(17)19-13(14)10-21/h2-5,8,10,12H,6-7,9H2,1H3. The van der Waals surface area contributed by atoms with Gasteiger partial charge in [-0.3, -0.25) is 9.78 Å². The van der Waals surface area contributed by atoms with Gasteiger partial charge in [-0.2, -0.15) is 0 Å². The molecule has 0 bridgehead atoms. The lowest BCUT2D eigenvalue weighted by atomic mass is 10.0. The second kappa shape index (κ2) is 6.18. The number of hydrogen-bond acceptors (Lipinski definition) is 5. The first-order valence-electron chi connectivity index (χ1n) is 7.21. The lowest BCUT2D eigenvalue weighted by Gasteiger charge is -2.20. The third-order valence-electron chi connectivity index (χ3n) is 3.69. The molecule has 1 aliphatic rings. The van der Waals surface area contributed by atoms with E-state index in [9.17, 15) is 4.79 Å². The average molecular weight is 293 g/mol. The van der Waals surface area contributed by atoms with Crippen LogP contribution in [-0.2, 0) is 0 Å². The molecule has 0 aromatic carbocycles. The zero-order chi connectivity index (χ0) is 15.5. The number of aromatic nitrogens is 2. The van der Waals surface area contributed by atoms with Crippen molar-refractivity contribution in [3.05, 3.63) is 41.7 Å². The van der Waals surface area contributed by atoms with Gasteiger partial charge >= 0.3 is 0 Å². The monoisotopic (exact) mass is 293 g/mol. The van der Waals surface area contributed by atoms with Crippen LogP contribution in [0.15, 0.2) is 30.5 Å². The number of rotatable bonds is 4. The van der Waals surface area contributed by atoms with Crippen LogP contribution in [0, 0.1) is 6.92 Å². The van der Waals surface area contributed by atoms with Crippen molar-refractivity contribution in [1.82, 2.24) is 9.97 Å². The molecule has 2 aromatic heterocycles. The first-order valence-corrected chi connectivity index (χ1v) is 7.21. The molecule has 22 heavy (non-hydrogen) atoms. The van der Waals surface area contributed by atoms with Crippen molar-refractivity contribution in [3.63, 3.8) is 0 Å². The van der Waals surface area contributed by atoms with Gasteiger partial charge in [0.1, 0.15) is 19.6 Å². The van der Waals surface area contributed by atoms with E-state index in [-0.39, 0.29) is 6.10 Å². The fraction of sp³-hybridized carbons (Fsp3) is 0.312. The molecular formula is C16H16BN3O2. The third kappa shape index (κ3) is 3.11. The van der Waals surface area contributed by atoms with Gasteiger partial charge < -0.3 is 9.64 Å². The molecule has 2 radical (unpaired) electrons. The first-order chi connectivity index (χ1) is 10.7. The summed E-state index contributed by atoms with van der Waals surface area (Å²) in [5, 5.41) is 0. The topological polar surface area (TPSA) is 55.3 Å². The van der Waals surface area contributed by atoms with Gasteiger partial charge in [0, 0.05) is 25.2 Å². The molecule has 110 valence electrons. The smallest absolute Gasteiger partial charge is 0.213 e. The number of anilines is 1. The Hall–Kier alpha value is -2.37. The molecule has 6 heteroatoms. The van der Waals surface area contributed by atoms with Gasteiger partial charge in [-0.25, -0.2) is 4.98 Å². The number of hydrogen-bond donors (Lipinski definition) is 0. The Balaban J connectivity index is 1.69. The molecule has 5 nitrogen and oxygen atoms in total. The summed E-state index contributed by atoms with van der Waals surface area (Å²) in [5.41, 5.74) is 2.62. The van der Waals surface area contributed by atoms with E-state index in [0.717, 1.165) is 30.5 Å². The fourth-order valence-electron chi connectivity index (χ4n) is 2.58.